The molecule has 0 amide bonds. The van der Waals surface area contributed by atoms with Gasteiger partial charge in [-0.2, -0.15) is 5.10 Å². The molecule has 1 heterocycles. The Morgan fingerprint density at radius 1 is 1.12 bits per heavy atom. The molecule has 17 heavy (non-hydrogen) atoms. The fourth-order valence-electron chi connectivity index (χ4n) is 2.17. The molecule has 0 aliphatic heterocycles. The fraction of sp³-hybridized carbons (Fsp3) is 0.231. The third kappa shape index (κ3) is 2.24. The Morgan fingerprint density at radius 2 is 1.71 bits per heavy atom. The van der Waals surface area contributed by atoms with E-state index in [4.69, 9.17) is 11.6 Å². The zero-order valence-corrected chi connectivity index (χ0v) is 10.7. The van der Waals surface area contributed by atoms with E-state index in [9.17, 15) is 4.79 Å². The first-order valence-electron chi connectivity index (χ1n) is 5.32. The molecule has 1 aromatic carbocycles. The minimum Gasteiger partial charge on any atom is -0.267 e. The molecule has 0 bridgehead atoms. The molecule has 0 aliphatic rings. The molecule has 0 saturated heterocycles. The van der Waals surface area contributed by atoms with Crippen LogP contribution in [0.4, 0.5) is 0 Å². The first-order valence-corrected chi connectivity index (χ1v) is 5.70. The van der Waals surface area contributed by atoms with Crippen molar-refractivity contribution in [3.8, 4) is 11.1 Å². The number of aromatic nitrogens is 2. The van der Waals surface area contributed by atoms with Gasteiger partial charge in [0.25, 0.3) is 5.56 Å². The van der Waals surface area contributed by atoms with E-state index in [1.165, 1.54) is 5.56 Å². The second-order valence-electron chi connectivity index (χ2n) is 4.21. The van der Waals surface area contributed by atoms with Gasteiger partial charge in [-0.15, -0.1) is 0 Å². The Morgan fingerprint density at radius 3 is 2.29 bits per heavy atom. The number of benzene rings is 1. The highest BCUT2D eigenvalue weighted by Gasteiger charge is 2.11. The molecule has 0 fully saturated rings. The molecule has 88 valence electrons. The van der Waals surface area contributed by atoms with Crippen LogP contribution < -0.4 is 5.56 Å². The molecule has 0 saturated carbocycles. The van der Waals surface area contributed by atoms with Crippen LogP contribution in [-0.2, 0) is 0 Å². The fourth-order valence-corrected chi connectivity index (χ4v) is 2.32. The number of aromatic amines is 1. The molecule has 0 spiro atoms. The first kappa shape index (κ1) is 11.9. The van der Waals surface area contributed by atoms with Crippen molar-refractivity contribution in [2.75, 3.05) is 0 Å². The van der Waals surface area contributed by atoms with Gasteiger partial charge in [0.15, 0.2) is 0 Å². The second kappa shape index (κ2) is 4.34. The minimum atomic E-state index is -0.218. The van der Waals surface area contributed by atoms with Crippen LogP contribution in [0.1, 0.15) is 16.7 Å². The lowest BCUT2D eigenvalue weighted by Gasteiger charge is -2.10. The maximum atomic E-state index is 11.8. The number of nitrogens with zero attached hydrogens (tertiary/aromatic N) is 1. The smallest absolute Gasteiger partial charge is 0.267 e. The zero-order valence-electron chi connectivity index (χ0n) is 9.97. The highest BCUT2D eigenvalue weighted by atomic mass is 35.5. The zero-order chi connectivity index (χ0) is 12.6. The summed E-state index contributed by atoms with van der Waals surface area (Å²) in [5.74, 6) is 0. The van der Waals surface area contributed by atoms with E-state index in [-0.39, 0.29) is 5.56 Å². The van der Waals surface area contributed by atoms with Crippen molar-refractivity contribution in [2.24, 2.45) is 0 Å². The van der Waals surface area contributed by atoms with Gasteiger partial charge in [-0.3, -0.25) is 4.79 Å². The summed E-state index contributed by atoms with van der Waals surface area (Å²) in [4.78, 5) is 11.8. The lowest BCUT2D eigenvalue weighted by molar-refractivity contribution is 0.990. The van der Waals surface area contributed by atoms with Gasteiger partial charge in [0.2, 0.25) is 0 Å². The molecule has 4 heteroatoms. The molecule has 2 aromatic rings. The van der Waals surface area contributed by atoms with Gasteiger partial charge in [0.05, 0.1) is 5.56 Å². The number of hydrogen-bond acceptors (Lipinski definition) is 2. The molecular weight excluding hydrogens is 236 g/mol. The normalized spacial score (nSPS) is 10.6. The molecule has 0 aliphatic carbocycles. The summed E-state index contributed by atoms with van der Waals surface area (Å²) in [7, 11) is 0. The third-order valence-electron chi connectivity index (χ3n) is 2.72. The number of hydrogen-bond donors (Lipinski definition) is 1. The predicted molar refractivity (Wildman–Crippen MR) is 69.5 cm³/mol. The van der Waals surface area contributed by atoms with E-state index < -0.39 is 0 Å². The number of nitrogens with one attached hydrogen (secondary N) is 1. The summed E-state index contributed by atoms with van der Waals surface area (Å²) in [5, 5.41) is 6.36. The van der Waals surface area contributed by atoms with E-state index in [1.54, 1.807) is 6.07 Å². The highest BCUT2D eigenvalue weighted by Crippen LogP contribution is 2.26. The number of H-pyrrole nitrogens is 1. The van der Waals surface area contributed by atoms with Gasteiger partial charge in [-0.1, -0.05) is 29.3 Å². The Labute approximate surface area is 104 Å². The predicted octanol–water partition coefficient (Wildman–Crippen LogP) is 3.02. The van der Waals surface area contributed by atoms with Crippen molar-refractivity contribution in [3.63, 3.8) is 0 Å². The van der Waals surface area contributed by atoms with Crippen molar-refractivity contribution >= 4 is 11.6 Å². The lowest BCUT2D eigenvalue weighted by atomic mass is 9.95. The second-order valence-corrected chi connectivity index (χ2v) is 4.59. The van der Waals surface area contributed by atoms with Crippen molar-refractivity contribution < 1.29 is 0 Å². The summed E-state index contributed by atoms with van der Waals surface area (Å²) in [6.07, 6.45) is 0. The minimum absolute atomic E-state index is 0.218. The molecule has 0 atom stereocenters. The van der Waals surface area contributed by atoms with Crippen molar-refractivity contribution in [1.29, 1.82) is 0 Å². The molecular formula is C13H13ClN2O. The Bertz CT molecular complexity index is 609. The summed E-state index contributed by atoms with van der Waals surface area (Å²) in [6.45, 7) is 6.01. The Kier molecular flexibility index (Phi) is 3.03. The molecule has 2 rings (SSSR count). The van der Waals surface area contributed by atoms with Crippen molar-refractivity contribution in [1.82, 2.24) is 10.2 Å². The van der Waals surface area contributed by atoms with Gasteiger partial charge in [-0.25, -0.2) is 5.10 Å². The number of halogens is 1. The van der Waals surface area contributed by atoms with E-state index in [0.717, 1.165) is 16.7 Å². The van der Waals surface area contributed by atoms with Crippen LogP contribution in [0.25, 0.3) is 11.1 Å². The van der Waals surface area contributed by atoms with Crippen LogP contribution in [-0.4, -0.2) is 10.2 Å². The first-order chi connectivity index (χ1) is 7.99. The summed E-state index contributed by atoms with van der Waals surface area (Å²) < 4.78 is 0. The Hall–Kier alpha value is -1.61. The van der Waals surface area contributed by atoms with Crippen LogP contribution in [0.2, 0.25) is 5.15 Å². The average molecular weight is 249 g/mol. The lowest BCUT2D eigenvalue weighted by Crippen LogP contribution is -2.11. The van der Waals surface area contributed by atoms with Gasteiger partial charge < -0.3 is 0 Å². The van der Waals surface area contributed by atoms with Crippen LogP contribution in [0.15, 0.2) is 23.0 Å². The van der Waals surface area contributed by atoms with Crippen LogP contribution >= 0.6 is 11.6 Å². The van der Waals surface area contributed by atoms with Crippen LogP contribution in [0, 0.1) is 20.8 Å². The molecule has 1 N–H and O–H groups in total. The summed E-state index contributed by atoms with van der Waals surface area (Å²) in [5.41, 5.74) is 4.59. The van der Waals surface area contributed by atoms with Gasteiger partial charge in [0, 0.05) is 0 Å². The average Bonchev–Trinajstić information content (AvgIpc) is 2.21. The highest BCUT2D eigenvalue weighted by molar-refractivity contribution is 6.29. The van der Waals surface area contributed by atoms with E-state index in [0.29, 0.717) is 10.7 Å². The molecule has 0 radical (unpaired) electrons. The van der Waals surface area contributed by atoms with Gasteiger partial charge >= 0.3 is 0 Å². The topological polar surface area (TPSA) is 45.8 Å². The van der Waals surface area contributed by atoms with Gasteiger partial charge in [0.1, 0.15) is 5.15 Å². The monoisotopic (exact) mass is 248 g/mol. The molecule has 0 unspecified atom stereocenters. The van der Waals surface area contributed by atoms with E-state index in [1.807, 2.05) is 20.8 Å². The van der Waals surface area contributed by atoms with E-state index in [2.05, 4.69) is 22.3 Å². The molecule has 1 aromatic heterocycles. The number of aryl methyl sites for hydroxylation is 3. The standard InChI is InChI=1S/C13H13ClN2O/c1-7-4-8(2)12(9(3)5-7)10-6-11(14)15-16-13(10)17/h4-6H,1-3H3,(H,16,17). The summed E-state index contributed by atoms with van der Waals surface area (Å²) >= 11 is 5.82. The maximum absolute atomic E-state index is 11.8. The quantitative estimate of drug-likeness (QED) is 0.843. The maximum Gasteiger partial charge on any atom is 0.272 e. The third-order valence-corrected chi connectivity index (χ3v) is 2.91. The van der Waals surface area contributed by atoms with Gasteiger partial charge in [-0.05, 0) is 43.5 Å². The summed E-state index contributed by atoms with van der Waals surface area (Å²) in [6, 6.07) is 5.71. The number of rotatable bonds is 1. The van der Waals surface area contributed by atoms with Crippen molar-refractivity contribution in [2.45, 2.75) is 20.8 Å². The van der Waals surface area contributed by atoms with Crippen LogP contribution in [0.3, 0.4) is 0 Å². The largest absolute Gasteiger partial charge is 0.272 e. The Balaban J connectivity index is 2.77. The van der Waals surface area contributed by atoms with E-state index >= 15 is 0 Å². The SMILES string of the molecule is Cc1cc(C)c(-c2cc(Cl)n[nH]c2=O)c(C)c1. The van der Waals surface area contributed by atoms with Crippen molar-refractivity contribution in [3.05, 3.63) is 50.4 Å². The molecule has 3 nitrogen and oxygen atoms in total. The van der Waals surface area contributed by atoms with Crippen LogP contribution in [0.5, 0.6) is 0 Å².